The van der Waals surface area contributed by atoms with Gasteiger partial charge in [0, 0.05) is 5.69 Å². The van der Waals surface area contributed by atoms with Crippen LogP contribution < -0.4 is 5.32 Å². The van der Waals surface area contributed by atoms with Crippen LogP contribution in [0.25, 0.3) is 11.1 Å². The fraction of sp³-hybridized carbons (Fsp3) is 0.133. The topological polar surface area (TPSA) is 29.1 Å². The van der Waals surface area contributed by atoms with Crippen LogP contribution >= 0.6 is 0 Å². The number of fused-ring (bicyclic) bond motifs is 1. The molecule has 0 aromatic heterocycles. The van der Waals surface area contributed by atoms with Gasteiger partial charge in [-0.3, -0.25) is 4.79 Å². The largest absolute Gasteiger partial charge is 0.326 e. The zero-order valence-corrected chi connectivity index (χ0v) is 9.66. The number of rotatable bonds is 1. The Bertz CT molecular complexity index is 602. The number of carbonyl (C=O) groups is 1. The molecule has 1 heterocycles. The Morgan fingerprint density at radius 1 is 1.06 bits per heavy atom. The minimum absolute atomic E-state index is 0.0846. The van der Waals surface area contributed by atoms with Crippen molar-refractivity contribution >= 4 is 11.6 Å². The molecule has 0 aliphatic carbocycles. The predicted octanol–water partition coefficient (Wildman–Crippen LogP) is 3.16. The highest BCUT2D eigenvalue weighted by Gasteiger charge is 2.17. The summed E-state index contributed by atoms with van der Waals surface area (Å²) in [6.45, 7) is 2.09. The van der Waals surface area contributed by atoms with E-state index in [-0.39, 0.29) is 5.91 Å². The molecule has 84 valence electrons. The number of carbonyl (C=O) groups excluding carboxylic acids is 1. The van der Waals surface area contributed by atoms with Gasteiger partial charge >= 0.3 is 0 Å². The first kappa shape index (κ1) is 10.1. The molecule has 0 saturated carbocycles. The highest BCUT2D eigenvalue weighted by Crippen LogP contribution is 2.29. The van der Waals surface area contributed by atoms with Crippen molar-refractivity contribution in [1.29, 1.82) is 0 Å². The van der Waals surface area contributed by atoms with Crippen molar-refractivity contribution in [3.63, 3.8) is 0 Å². The van der Waals surface area contributed by atoms with Crippen LogP contribution in [-0.4, -0.2) is 5.91 Å². The van der Waals surface area contributed by atoms with E-state index in [9.17, 15) is 4.79 Å². The SMILES string of the molecule is Cc1cccc(-c2ccc3c(c2)CC(=O)N3)c1. The molecule has 0 saturated heterocycles. The summed E-state index contributed by atoms with van der Waals surface area (Å²) in [7, 11) is 0. The maximum atomic E-state index is 11.3. The number of hydrogen-bond donors (Lipinski definition) is 1. The predicted molar refractivity (Wildman–Crippen MR) is 68.9 cm³/mol. The van der Waals surface area contributed by atoms with E-state index >= 15 is 0 Å². The third-order valence-electron chi connectivity index (χ3n) is 3.08. The molecular weight excluding hydrogens is 210 g/mol. The van der Waals surface area contributed by atoms with Gasteiger partial charge in [0.2, 0.25) is 5.91 Å². The fourth-order valence-corrected chi connectivity index (χ4v) is 2.23. The Morgan fingerprint density at radius 3 is 2.71 bits per heavy atom. The highest BCUT2D eigenvalue weighted by atomic mass is 16.1. The van der Waals surface area contributed by atoms with Gasteiger partial charge in [0.05, 0.1) is 6.42 Å². The Balaban J connectivity index is 2.06. The van der Waals surface area contributed by atoms with Crippen LogP contribution in [0.15, 0.2) is 42.5 Å². The summed E-state index contributed by atoms with van der Waals surface area (Å²) in [4.78, 5) is 11.3. The van der Waals surface area contributed by atoms with E-state index in [0.29, 0.717) is 6.42 Å². The second-order valence-electron chi connectivity index (χ2n) is 4.47. The molecule has 2 heteroatoms. The third-order valence-corrected chi connectivity index (χ3v) is 3.08. The van der Waals surface area contributed by atoms with E-state index in [0.717, 1.165) is 11.3 Å². The smallest absolute Gasteiger partial charge is 0.228 e. The van der Waals surface area contributed by atoms with Crippen LogP contribution in [0.1, 0.15) is 11.1 Å². The van der Waals surface area contributed by atoms with Gasteiger partial charge in [-0.1, -0.05) is 35.9 Å². The van der Waals surface area contributed by atoms with E-state index in [4.69, 9.17) is 0 Å². The zero-order chi connectivity index (χ0) is 11.8. The van der Waals surface area contributed by atoms with Crippen LogP contribution in [-0.2, 0) is 11.2 Å². The molecule has 3 rings (SSSR count). The summed E-state index contributed by atoms with van der Waals surface area (Å²) in [5.74, 6) is 0.0846. The quantitative estimate of drug-likeness (QED) is 0.790. The normalized spacial score (nSPS) is 13.4. The second-order valence-corrected chi connectivity index (χ2v) is 4.47. The summed E-state index contributed by atoms with van der Waals surface area (Å²) in [6.07, 6.45) is 0.495. The number of amides is 1. The first-order chi connectivity index (χ1) is 8.22. The average Bonchev–Trinajstić information content (AvgIpc) is 2.68. The average molecular weight is 223 g/mol. The summed E-state index contributed by atoms with van der Waals surface area (Å²) >= 11 is 0. The number of nitrogens with one attached hydrogen (secondary N) is 1. The summed E-state index contributed by atoms with van der Waals surface area (Å²) < 4.78 is 0. The second kappa shape index (κ2) is 3.74. The lowest BCUT2D eigenvalue weighted by atomic mass is 10.0. The molecule has 2 aromatic rings. The van der Waals surface area contributed by atoms with Gasteiger partial charge in [-0.25, -0.2) is 0 Å². The van der Waals surface area contributed by atoms with Crippen molar-refractivity contribution in [2.24, 2.45) is 0 Å². The van der Waals surface area contributed by atoms with E-state index in [1.807, 2.05) is 6.07 Å². The molecule has 0 atom stereocenters. The summed E-state index contributed by atoms with van der Waals surface area (Å²) in [6, 6.07) is 14.5. The van der Waals surface area contributed by atoms with E-state index < -0.39 is 0 Å². The number of anilines is 1. The number of hydrogen-bond acceptors (Lipinski definition) is 1. The van der Waals surface area contributed by atoms with Gasteiger partial charge in [-0.15, -0.1) is 0 Å². The minimum Gasteiger partial charge on any atom is -0.326 e. The Hall–Kier alpha value is -2.09. The molecule has 1 aliphatic rings. The molecule has 0 fully saturated rings. The first-order valence-corrected chi connectivity index (χ1v) is 5.72. The van der Waals surface area contributed by atoms with Crippen LogP contribution in [0, 0.1) is 6.92 Å². The van der Waals surface area contributed by atoms with Crippen molar-refractivity contribution in [2.45, 2.75) is 13.3 Å². The van der Waals surface area contributed by atoms with Gasteiger partial charge in [-0.2, -0.15) is 0 Å². The monoisotopic (exact) mass is 223 g/mol. The van der Waals surface area contributed by atoms with Gasteiger partial charge < -0.3 is 5.32 Å². The maximum absolute atomic E-state index is 11.3. The molecule has 1 aliphatic heterocycles. The van der Waals surface area contributed by atoms with E-state index in [1.54, 1.807) is 0 Å². The molecule has 1 N–H and O–H groups in total. The zero-order valence-electron chi connectivity index (χ0n) is 9.66. The van der Waals surface area contributed by atoms with Crippen molar-refractivity contribution in [3.05, 3.63) is 53.6 Å². The van der Waals surface area contributed by atoms with E-state index in [1.165, 1.54) is 16.7 Å². The van der Waals surface area contributed by atoms with Crippen LogP contribution in [0.4, 0.5) is 5.69 Å². The maximum Gasteiger partial charge on any atom is 0.228 e. The lowest BCUT2D eigenvalue weighted by Gasteiger charge is -2.05. The molecule has 1 amide bonds. The molecule has 2 aromatic carbocycles. The fourth-order valence-electron chi connectivity index (χ4n) is 2.23. The van der Waals surface area contributed by atoms with Crippen molar-refractivity contribution in [2.75, 3.05) is 5.32 Å². The molecule has 0 unspecified atom stereocenters. The van der Waals surface area contributed by atoms with Crippen LogP contribution in [0.5, 0.6) is 0 Å². The molecule has 0 radical (unpaired) electrons. The first-order valence-electron chi connectivity index (χ1n) is 5.72. The Labute approximate surface area is 100 Å². The van der Waals surface area contributed by atoms with Gasteiger partial charge in [-0.05, 0) is 35.7 Å². The lowest BCUT2D eigenvalue weighted by Crippen LogP contribution is -2.03. The minimum atomic E-state index is 0.0846. The van der Waals surface area contributed by atoms with Crippen molar-refractivity contribution in [1.82, 2.24) is 0 Å². The highest BCUT2D eigenvalue weighted by molar-refractivity contribution is 5.99. The van der Waals surface area contributed by atoms with Gasteiger partial charge in [0.25, 0.3) is 0 Å². The van der Waals surface area contributed by atoms with Gasteiger partial charge in [0.15, 0.2) is 0 Å². The molecule has 0 bridgehead atoms. The molecule has 0 spiro atoms. The summed E-state index contributed by atoms with van der Waals surface area (Å²) in [5, 5.41) is 2.85. The molecule has 2 nitrogen and oxygen atoms in total. The van der Waals surface area contributed by atoms with Crippen LogP contribution in [0.2, 0.25) is 0 Å². The molecular formula is C15H13NO. The third kappa shape index (κ3) is 1.82. The summed E-state index contributed by atoms with van der Waals surface area (Å²) in [5.41, 5.74) is 5.66. The van der Waals surface area contributed by atoms with Gasteiger partial charge in [0.1, 0.15) is 0 Å². The van der Waals surface area contributed by atoms with E-state index in [2.05, 4.69) is 48.6 Å². The van der Waals surface area contributed by atoms with Crippen LogP contribution in [0.3, 0.4) is 0 Å². The number of aryl methyl sites for hydroxylation is 1. The molecule has 17 heavy (non-hydrogen) atoms. The lowest BCUT2D eigenvalue weighted by molar-refractivity contribution is -0.115. The Kier molecular flexibility index (Phi) is 2.22. The standard InChI is InChI=1S/C15H13NO/c1-10-3-2-4-11(7-10)12-5-6-14-13(8-12)9-15(17)16-14/h2-8H,9H2,1H3,(H,16,17). The Morgan fingerprint density at radius 2 is 1.88 bits per heavy atom. The van der Waals surface area contributed by atoms with Crippen molar-refractivity contribution < 1.29 is 4.79 Å². The van der Waals surface area contributed by atoms with Crippen molar-refractivity contribution in [3.8, 4) is 11.1 Å². The number of benzene rings is 2.